The second-order valence-electron chi connectivity index (χ2n) is 19.9. The molecule has 4 aromatic rings. The number of hydrogen-bond acceptors (Lipinski definition) is 17. The van der Waals surface area contributed by atoms with Crippen LogP contribution in [0.4, 0.5) is 0 Å². The van der Waals surface area contributed by atoms with Crippen molar-refractivity contribution in [2.75, 3.05) is 139 Å². The molecule has 456 valence electrons. The molecule has 2 heterocycles. The third-order valence-electron chi connectivity index (χ3n) is 13.4. The van der Waals surface area contributed by atoms with Crippen LogP contribution in [0.25, 0.3) is 22.3 Å². The molecule has 0 fully saturated rings. The van der Waals surface area contributed by atoms with E-state index in [-0.39, 0.29) is 34.0 Å². The van der Waals surface area contributed by atoms with Crippen molar-refractivity contribution in [3.63, 3.8) is 0 Å². The number of phenols is 2. The Morgan fingerprint density at radius 3 is 1.57 bits per heavy atom. The van der Waals surface area contributed by atoms with E-state index in [2.05, 4.69) is 22.6 Å². The number of benzene rings is 2. The maximum absolute atomic E-state index is 13.3. The van der Waals surface area contributed by atoms with Crippen LogP contribution >= 0.6 is 0 Å². The lowest BCUT2D eigenvalue weighted by Crippen LogP contribution is -2.35. The average Bonchev–Trinajstić information content (AvgIpc) is 3.97. The Hall–Kier alpha value is -5.03. The monoisotopic (exact) mass is 1140 g/mol. The van der Waals surface area contributed by atoms with E-state index >= 15 is 0 Å². The fraction of sp³-hybridized carbons (Fsp3) is 0.689. The van der Waals surface area contributed by atoms with Gasteiger partial charge in [0.1, 0.15) is 5.76 Å². The van der Waals surface area contributed by atoms with Gasteiger partial charge in [0.25, 0.3) is 5.91 Å². The molecule has 3 N–H and O–H groups in total. The number of nitrogens with one attached hydrogen (secondary N) is 1. The third-order valence-corrected chi connectivity index (χ3v) is 13.4. The van der Waals surface area contributed by atoms with Gasteiger partial charge in [-0.3, -0.25) is 14.4 Å². The lowest BCUT2D eigenvalue weighted by Gasteiger charge is -2.23. The summed E-state index contributed by atoms with van der Waals surface area (Å²) in [5.41, 5.74) is 1.41. The van der Waals surface area contributed by atoms with Gasteiger partial charge in [-0.05, 0) is 37.1 Å². The number of nitrogens with zero attached hydrogens (tertiary/aromatic N) is 4. The SMILES string of the molecule is CCCCCCCCCCCCCCCCCCN(CCOCCOCCOCCOCCOCCNC(=O)c1ccc(-c2cc(=O)c3ccc(O)c(O)c3o2)cc1)C(=O)CCOCCOCCOCCOCCn1cc(CC)nn1. The molecule has 20 heteroatoms. The number of unbranched alkanes of at least 4 members (excludes halogenated alkanes) is 15. The molecule has 0 atom stereocenters. The summed E-state index contributed by atoms with van der Waals surface area (Å²) >= 11 is 0. The van der Waals surface area contributed by atoms with Crippen molar-refractivity contribution in [1.82, 2.24) is 25.2 Å². The van der Waals surface area contributed by atoms with E-state index in [0.717, 1.165) is 25.0 Å². The summed E-state index contributed by atoms with van der Waals surface area (Å²) in [7, 11) is 0. The number of aromatic hydroxyl groups is 2. The van der Waals surface area contributed by atoms with Gasteiger partial charge in [0.15, 0.2) is 16.8 Å². The highest BCUT2D eigenvalue weighted by atomic mass is 16.6. The minimum absolute atomic E-state index is 0.0715. The number of carbonyl (C=O) groups excluding carboxylic acids is 2. The van der Waals surface area contributed by atoms with Crippen molar-refractivity contribution in [2.24, 2.45) is 0 Å². The molecule has 81 heavy (non-hydrogen) atoms. The van der Waals surface area contributed by atoms with Crippen molar-refractivity contribution in [3.8, 4) is 22.8 Å². The molecule has 2 amide bonds. The zero-order valence-corrected chi connectivity index (χ0v) is 48.9. The summed E-state index contributed by atoms with van der Waals surface area (Å²) in [5, 5.41) is 31.1. The highest BCUT2D eigenvalue weighted by molar-refractivity contribution is 5.94. The van der Waals surface area contributed by atoms with Gasteiger partial charge in [-0.15, -0.1) is 5.10 Å². The number of phenolic OH excluding ortho intramolecular Hbond substituents is 2. The Bertz CT molecular complexity index is 2280. The molecule has 2 aromatic heterocycles. The first-order valence-corrected chi connectivity index (χ1v) is 30.0. The van der Waals surface area contributed by atoms with Gasteiger partial charge >= 0.3 is 0 Å². The van der Waals surface area contributed by atoms with Crippen LogP contribution in [-0.2, 0) is 60.4 Å². The number of rotatable bonds is 53. The fourth-order valence-corrected chi connectivity index (χ4v) is 8.68. The molecule has 0 aliphatic carbocycles. The van der Waals surface area contributed by atoms with E-state index in [1.54, 1.807) is 28.9 Å². The van der Waals surface area contributed by atoms with Gasteiger partial charge in [-0.2, -0.15) is 0 Å². The Morgan fingerprint density at radius 2 is 1.05 bits per heavy atom. The van der Waals surface area contributed by atoms with Gasteiger partial charge in [0.05, 0.1) is 143 Å². The maximum Gasteiger partial charge on any atom is 0.251 e. The molecule has 4 rings (SSSR count). The molecule has 20 nitrogen and oxygen atoms in total. The van der Waals surface area contributed by atoms with Crippen molar-refractivity contribution in [1.29, 1.82) is 0 Å². The largest absolute Gasteiger partial charge is 0.504 e. The first-order chi connectivity index (χ1) is 39.8. The number of ether oxygens (including phenoxy) is 9. The Morgan fingerprint density at radius 1 is 0.568 bits per heavy atom. The highest BCUT2D eigenvalue weighted by Gasteiger charge is 2.16. The Labute approximate surface area is 480 Å². The molecule has 0 saturated heterocycles. The Kier molecular flexibility index (Phi) is 38.4. The van der Waals surface area contributed by atoms with Crippen LogP contribution in [0.15, 0.2) is 57.9 Å². The fourth-order valence-electron chi connectivity index (χ4n) is 8.68. The van der Waals surface area contributed by atoms with Crippen LogP contribution in [0, 0.1) is 0 Å². The molecule has 0 spiro atoms. The standard InChI is InChI=1S/C61H97N5O15/c1-3-5-6-7-8-9-10-11-12-13-14-15-16-17-18-19-28-65(58(69)26-31-72-35-39-76-43-45-79-42-38-75-34-30-66-50-53(4-2)63-64-66)29-33-74-37-41-78-46-48-80-47-44-77-40-36-73-32-27-62-61(71)52-22-20-51(21-23-52)57-49-56(68)54-24-25-55(67)59(70)60(54)81-57/h20-25,49-50,67,70H,3-19,26-48H2,1-2H3,(H,62,71). The third kappa shape index (κ3) is 31.3. The molecular formula is C61H97N5O15. The topological polar surface area (TPSA) is 234 Å². The van der Waals surface area contributed by atoms with Crippen molar-refractivity contribution in [3.05, 3.63) is 70.1 Å². The number of aromatic nitrogens is 3. The summed E-state index contributed by atoms with van der Waals surface area (Å²) in [6.45, 7) is 14.1. The molecule has 0 aliphatic heterocycles. The predicted molar refractivity (Wildman–Crippen MR) is 311 cm³/mol. The van der Waals surface area contributed by atoms with Crippen LogP contribution in [0.1, 0.15) is 139 Å². The van der Waals surface area contributed by atoms with Crippen molar-refractivity contribution >= 4 is 22.8 Å². The summed E-state index contributed by atoms with van der Waals surface area (Å²) < 4.78 is 58.4. The number of fused-ring (bicyclic) bond motifs is 1. The minimum Gasteiger partial charge on any atom is -0.504 e. The molecule has 0 bridgehead atoms. The van der Waals surface area contributed by atoms with E-state index in [9.17, 15) is 24.6 Å². The molecular weight excluding hydrogens is 1040 g/mol. The normalized spacial score (nSPS) is 11.5. The zero-order valence-electron chi connectivity index (χ0n) is 48.9. The number of amides is 2. The van der Waals surface area contributed by atoms with E-state index in [4.69, 9.17) is 47.0 Å². The average molecular weight is 1140 g/mol. The number of aryl methyl sites for hydroxylation is 1. The highest BCUT2D eigenvalue weighted by Crippen LogP contribution is 2.34. The molecule has 2 aromatic carbocycles. The summed E-state index contributed by atoms with van der Waals surface area (Å²) in [6, 6.07) is 10.4. The first-order valence-electron chi connectivity index (χ1n) is 30.0. The van der Waals surface area contributed by atoms with Gasteiger partial charge in [0, 0.05) is 43.0 Å². The summed E-state index contributed by atoms with van der Waals surface area (Å²) in [5.74, 6) is -0.942. The number of hydrogen-bond donors (Lipinski definition) is 3. The second kappa shape index (κ2) is 45.5. The molecule has 0 radical (unpaired) electrons. The zero-order chi connectivity index (χ0) is 57.6. The van der Waals surface area contributed by atoms with E-state index < -0.39 is 11.5 Å². The van der Waals surface area contributed by atoms with Crippen LogP contribution in [-0.4, -0.2) is 180 Å². The summed E-state index contributed by atoms with van der Waals surface area (Å²) in [6.07, 6.45) is 24.0. The maximum atomic E-state index is 13.3. The van der Waals surface area contributed by atoms with E-state index in [0.29, 0.717) is 163 Å². The smallest absolute Gasteiger partial charge is 0.251 e. The van der Waals surface area contributed by atoms with Gasteiger partial charge < -0.3 is 67.5 Å². The van der Waals surface area contributed by atoms with Crippen LogP contribution in [0.3, 0.4) is 0 Å². The second-order valence-corrected chi connectivity index (χ2v) is 19.9. The van der Waals surface area contributed by atoms with Gasteiger partial charge in [0.2, 0.25) is 11.7 Å². The molecule has 0 saturated carbocycles. The number of carbonyl (C=O) groups is 2. The lowest BCUT2D eigenvalue weighted by molar-refractivity contribution is -0.133. The van der Waals surface area contributed by atoms with Crippen LogP contribution in [0.5, 0.6) is 11.5 Å². The lowest BCUT2D eigenvalue weighted by atomic mass is 10.0. The van der Waals surface area contributed by atoms with Crippen molar-refractivity contribution < 1.29 is 66.9 Å². The van der Waals surface area contributed by atoms with E-state index in [1.807, 2.05) is 18.0 Å². The first kappa shape index (κ1) is 68.5. The quantitative estimate of drug-likeness (QED) is 0.0276. The van der Waals surface area contributed by atoms with Gasteiger partial charge in [-0.25, -0.2) is 4.68 Å². The Balaban J connectivity index is 0.959. The summed E-state index contributed by atoms with van der Waals surface area (Å²) in [4.78, 5) is 40.4. The molecule has 0 unspecified atom stereocenters. The van der Waals surface area contributed by atoms with Crippen molar-refractivity contribution in [2.45, 2.75) is 136 Å². The minimum atomic E-state index is -0.513. The van der Waals surface area contributed by atoms with Crippen LogP contribution < -0.4 is 10.7 Å². The predicted octanol–water partition coefficient (Wildman–Crippen LogP) is 9.08. The van der Waals surface area contributed by atoms with Crippen LogP contribution in [0.2, 0.25) is 0 Å². The van der Waals surface area contributed by atoms with E-state index in [1.165, 1.54) is 108 Å². The van der Waals surface area contributed by atoms with Gasteiger partial charge in [-0.1, -0.05) is 128 Å². The molecule has 0 aliphatic rings.